The number of ether oxygens (including phenoxy) is 2. The molecular formula is C19H16Cl2N2O3S. The molecule has 0 spiro atoms. The number of fused-ring (bicyclic) bond motifs is 1. The van der Waals surface area contributed by atoms with E-state index < -0.39 is 5.91 Å². The number of rotatable bonds is 5. The van der Waals surface area contributed by atoms with E-state index in [2.05, 4.69) is 11.6 Å². The van der Waals surface area contributed by atoms with Gasteiger partial charge in [0, 0.05) is 18.2 Å². The maximum atomic E-state index is 12.8. The van der Waals surface area contributed by atoms with Gasteiger partial charge in [-0.25, -0.2) is 0 Å². The van der Waals surface area contributed by atoms with Crippen molar-refractivity contribution in [1.29, 1.82) is 0 Å². The molecule has 8 heteroatoms. The Bertz CT molecular complexity index is 1080. The molecule has 2 aromatic carbocycles. The summed E-state index contributed by atoms with van der Waals surface area (Å²) in [6.45, 7) is 4.20. The van der Waals surface area contributed by atoms with Crippen LogP contribution in [-0.2, 0) is 6.54 Å². The second kappa shape index (κ2) is 8.17. The van der Waals surface area contributed by atoms with E-state index in [1.807, 2.05) is 10.6 Å². The highest BCUT2D eigenvalue weighted by Crippen LogP contribution is 2.32. The van der Waals surface area contributed by atoms with Crippen molar-refractivity contribution in [3.63, 3.8) is 0 Å². The predicted octanol–water partition coefficient (Wildman–Crippen LogP) is 4.95. The molecule has 0 aliphatic carbocycles. The Hall–Kier alpha value is -2.28. The van der Waals surface area contributed by atoms with Crippen LogP contribution < -0.4 is 14.3 Å². The quantitative estimate of drug-likeness (QED) is 0.546. The zero-order chi connectivity index (χ0) is 19.6. The van der Waals surface area contributed by atoms with E-state index in [-0.39, 0.29) is 0 Å². The van der Waals surface area contributed by atoms with Gasteiger partial charge in [-0.3, -0.25) is 4.79 Å². The number of thiazole rings is 1. The number of hydrogen-bond acceptors (Lipinski definition) is 4. The lowest BCUT2D eigenvalue weighted by Crippen LogP contribution is -2.16. The molecule has 0 fully saturated rings. The minimum Gasteiger partial charge on any atom is -0.497 e. The molecule has 3 aromatic rings. The molecule has 0 aliphatic rings. The summed E-state index contributed by atoms with van der Waals surface area (Å²) in [7, 11) is 3.05. The zero-order valence-corrected chi connectivity index (χ0v) is 17.0. The zero-order valence-electron chi connectivity index (χ0n) is 14.7. The van der Waals surface area contributed by atoms with E-state index in [0.29, 0.717) is 38.5 Å². The van der Waals surface area contributed by atoms with Gasteiger partial charge in [0.25, 0.3) is 5.91 Å². The number of halogens is 2. The first-order chi connectivity index (χ1) is 13.0. The van der Waals surface area contributed by atoms with Gasteiger partial charge in [-0.05, 0) is 24.3 Å². The Balaban J connectivity index is 2.18. The standard InChI is InChI=1S/C19H16Cl2N2O3S/c1-4-7-23-17-15(6-5-14(20)16(17)21)27-19(23)22-18(24)11-8-12(25-2)10-13(9-11)26-3/h4-6,8-10H,1,7H2,2-3H3. The molecule has 5 nitrogen and oxygen atoms in total. The lowest BCUT2D eigenvalue weighted by Gasteiger charge is -2.06. The molecule has 0 N–H and O–H groups in total. The fraction of sp³-hybridized carbons (Fsp3) is 0.158. The third-order valence-electron chi connectivity index (χ3n) is 3.84. The number of benzene rings is 2. The molecule has 0 atom stereocenters. The smallest absolute Gasteiger partial charge is 0.279 e. The highest BCUT2D eigenvalue weighted by atomic mass is 35.5. The van der Waals surface area contributed by atoms with E-state index in [1.165, 1.54) is 25.6 Å². The van der Waals surface area contributed by atoms with Crippen LogP contribution in [0.25, 0.3) is 10.2 Å². The van der Waals surface area contributed by atoms with Gasteiger partial charge >= 0.3 is 0 Å². The Kier molecular flexibility index (Phi) is 5.89. The molecule has 0 saturated carbocycles. The maximum Gasteiger partial charge on any atom is 0.279 e. The van der Waals surface area contributed by atoms with Crippen LogP contribution in [0, 0.1) is 0 Å². The third kappa shape index (κ3) is 3.88. The SMILES string of the molecule is C=CCn1c(=NC(=O)c2cc(OC)cc(OC)c2)sc2ccc(Cl)c(Cl)c21. The highest BCUT2D eigenvalue weighted by Gasteiger charge is 2.14. The van der Waals surface area contributed by atoms with Gasteiger partial charge in [-0.1, -0.05) is 40.6 Å². The molecule has 0 unspecified atom stereocenters. The van der Waals surface area contributed by atoms with E-state index in [9.17, 15) is 4.79 Å². The van der Waals surface area contributed by atoms with Crippen molar-refractivity contribution in [3.05, 3.63) is 63.4 Å². The number of hydrogen-bond donors (Lipinski definition) is 0. The van der Waals surface area contributed by atoms with Crippen molar-refractivity contribution in [2.75, 3.05) is 14.2 Å². The fourth-order valence-electron chi connectivity index (χ4n) is 2.57. The summed E-state index contributed by atoms with van der Waals surface area (Å²) < 4.78 is 13.1. The third-order valence-corrected chi connectivity index (χ3v) is 5.68. The fourth-order valence-corrected chi connectivity index (χ4v) is 4.09. The Labute approximate surface area is 170 Å². The van der Waals surface area contributed by atoms with Crippen LogP contribution in [0.3, 0.4) is 0 Å². The Morgan fingerprint density at radius 1 is 1.22 bits per heavy atom. The van der Waals surface area contributed by atoms with E-state index in [4.69, 9.17) is 32.7 Å². The molecule has 1 amide bonds. The monoisotopic (exact) mass is 422 g/mol. The Morgan fingerprint density at radius 3 is 2.48 bits per heavy atom. The van der Waals surface area contributed by atoms with Crippen molar-refractivity contribution < 1.29 is 14.3 Å². The van der Waals surface area contributed by atoms with Crippen molar-refractivity contribution in [3.8, 4) is 11.5 Å². The number of carbonyl (C=O) groups is 1. The topological polar surface area (TPSA) is 52.8 Å². The number of allylic oxidation sites excluding steroid dienone is 1. The summed E-state index contributed by atoms with van der Waals surface area (Å²) in [5.74, 6) is 0.606. The van der Waals surface area contributed by atoms with Crippen LogP contribution in [0.1, 0.15) is 10.4 Å². The molecule has 3 rings (SSSR count). The van der Waals surface area contributed by atoms with Gasteiger partial charge in [0.1, 0.15) is 11.5 Å². The molecule has 0 saturated heterocycles. The summed E-state index contributed by atoms with van der Waals surface area (Å²) >= 11 is 13.9. The molecule has 1 heterocycles. The van der Waals surface area contributed by atoms with E-state index in [0.717, 1.165) is 10.2 Å². The van der Waals surface area contributed by atoms with Crippen molar-refractivity contribution in [1.82, 2.24) is 4.57 Å². The van der Waals surface area contributed by atoms with Gasteiger partial charge in [0.15, 0.2) is 4.80 Å². The van der Waals surface area contributed by atoms with E-state index in [1.54, 1.807) is 30.3 Å². The van der Waals surface area contributed by atoms with Gasteiger partial charge in [-0.2, -0.15) is 4.99 Å². The summed E-state index contributed by atoms with van der Waals surface area (Å²) in [5.41, 5.74) is 1.08. The molecule has 1 aromatic heterocycles. The number of aromatic nitrogens is 1. The molecule has 27 heavy (non-hydrogen) atoms. The minimum atomic E-state index is -0.418. The van der Waals surface area contributed by atoms with E-state index >= 15 is 0 Å². The predicted molar refractivity (Wildman–Crippen MR) is 109 cm³/mol. The number of methoxy groups -OCH3 is 2. The van der Waals surface area contributed by atoms with Gasteiger partial charge < -0.3 is 14.0 Å². The number of amides is 1. The molecule has 0 bridgehead atoms. The van der Waals surface area contributed by atoms with Crippen LogP contribution in [0.5, 0.6) is 11.5 Å². The van der Waals surface area contributed by atoms with Gasteiger partial charge in [0.05, 0.1) is 34.5 Å². The average Bonchev–Trinajstić information content (AvgIpc) is 3.02. The molecular weight excluding hydrogens is 407 g/mol. The minimum absolute atomic E-state index is 0.359. The lowest BCUT2D eigenvalue weighted by atomic mass is 10.2. The van der Waals surface area contributed by atoms with Crippen LogP contribution in [0.15, 0.2) is 48.0 Å². The van der Waals surface area contributed by atoms with Crippen molar-refractivity contribution >= 4 is 50.7 Å². The summed E-state index contributed by atoms with van der Waals surface area (Å²) in [6.07, 6.45) is 1.71. The average molecular weight is 423 g/mol. The number of nitrogens with zero attached hydrogens (tertiary/aromatic N) is 2. The van der Waals surface area contributed by atoms with Crippen molar-refractivity contribution in [2.24, 2.45) is 4.99 Å². The second-order valence-corrected chi connectivity index (χ2v) is 7.30. The van der Waals surface area contributed by atoms with Crippen LogP contribution in [0.2, 0.25) is 10.0 Å². The summed E-state index contributed by atoms with van der Waals surface area (Å²) in [6, 6.07) is 8.49. The first kappa shape index (κ1) is 19.5. The maximum absolute atomic E-state index is 12.8. The Morgan fingerprint density at radius 2 is 1.89 bits per heavy atom. The second-order valence-electron chi connectivity index (χ2n) is 5.51. The first-order valence-electron chi connectivity index (χ1n) is 7.88. The van der Waals surface area contributed by atoms with Crippen LogP contribution in [0.4, 0.5) is 0 Å². The summed E-state index contributed by atoms with van der Waals surface area (Å²) in [5, 5.41) is 0.861. The first-order valence-corrected chi connectivity index (χ1v) is 9.46. The normalized spacial score (nSPS) is 11.6. The van der Waals surface area contributed by atoms with Gasteiger partial charge in [0.2, 0.25) is 0 Å². The van der Waals surface area contributed by atoms with Gasteiger partial charge in [-0.15, -0.1) is 6.58 Å². The number of carbonyl (C=O) groups excluding carboxylic acids is 1. The summed E-state index contributed by atoms with van der Waals surface area (Å²) in [4.78, 5) is 17.6. The lowest BCUT2D eigenvalue weighted by molar-refractivity contribution is 0.0997. The van der Waals surface area contributed by atoms with Crippen molar-refractivity contribution in [2.45, 2.75) is 6.54 Å². The van der Waals surface area contributed by atoms with Crippen LogP contribution >= 0.6 is 34.5 Å². The highest BCUT2D eigenvalue weighted by molar-refractivity contribution is 7.16. The molecule has 140 valence electrons. The molecule has 0 radical (unpaired) electrons. The van der Waals surface area contributed by atoms with Crippen LogP contribution in [-0.4, -0.2) is 24.7 Å². The molecule has 0 aliphatic heterocycles. The largest absolute Gasteiger partial charge is 0.497 e.